The van der Waals surface area contributed by atoms with Gasteiger partial charge >= 0.3 is 0 Å². The van der Waals surface area contributed by atoms with Crippen LogP contribution >= 0.6 is 0 Å². The number of rotatable bonds is 7. The van der Waals surface area contributed by atoms with Crippen LogP contribution in [-0.4, -0.2) is 53.1 Å². The molecule has 1 aromatic carbocycles. The van der Waals surface area contributed by atoms with Gasteiger partial charge in [0.15, 0.2) is 0 Å². The molecule has 1 saturated carbocycles. The molecule has 0 saturated heterocycles. The lowest BCUT2D eigenvalue weighted by atomic mass is 9.92. The molecule has 1 amide bonds. The summed E-state index contributed by atoms with van der Waals surface area (Å²) in [6.45, 7) is 1.25. The van der Waals surface area contributed by atoms with E-state index in [2.05, 4.69) is 15.4 Å². The Hall–Kier alpha value is -2.64. The van der Waals surface area contributed by atoms with Crippen molar-refractivity contribution in [3.05, 3.63) is 48.4 Å². The molecule has 7 nitrogen and oxygen atoms in total. The van der Waals surface area contributed by atoms with E-state index in [4.69, 9.17) is 9.47 Å². The first-order valence-electron chi connectivity index (χ1n) is 9.77. The van der Waals surface area contributed by atoms with Crippen LogP contribution in [0.25, 0.3) is 16.6 Å². The molecule has 0 bridgehead atoms. The molecular formula is C21H26N4O3. The Morgan fingerprint density at radius 3 is 2.89 bits per heavy atom. The summed E-state index contributed by atoms with van der Waals surface area (Å²) in [7, 11) is 1.68. The predicted molar refractivity (Wildman–Crippen MR) is 107 cm³/mol. The van der Waals surface area contributed by atoms with Gasteiger partial charge in [-0.05, 0) is 49.9 Å². The molecule has 2 N–H and O–H groups in total. The second-order valence-electron chi connectivity index (χ2n) is 7.20. The number of nitrogens with one attached hydrogen (secondary N) is 2. The van der Waals surface area contributed by atoms with Gasteiger partial charge in [-0.1, -0.05) is 0 Å². The quantitative estimate of drug-likeness (QED) is 0.616. The third-order valence-corrected chi connectivity index (χ3v) is 5.31. The maximum atomic E-state index is 13.0. The van der Waals surface area contributed by atoms with E-state index in [1.807, 2.05) is 36.7 Å². The molecule has 0 unspecified atom stereocenters. The Morgan fingerprint density at radius 1 is 1.29 bits per heavy atom. The first-order chi connectivity index (χ1) is 13.7. The van der Waals surface area contributed by atoms with Crippen molar-refractivity contribution >= 4 is 16.8 Å². The third kappa shape index (κ3) is 4.10. The second-order valence-corrected chi connectivity index (χ2v) is 7.20. The Balaban J connectivity index is 1.44. The number of nitrogens with zero attached hydrogens (tertiary/aromatic N) is 2. The van der Waals surface area contributed by atoms with Crippen molar-refractivity contribution in [2.24, 2.45) is 0 Å². The summed E-state index contributed by atoms with van der Waals surface area (Å²) < 4.78 is 12.6. The first kappa shape index (κ1) is 18.7. The third-order valence-electron chi connectivity index (χ3n) is 5.31. The molecule has 1 fully saturated rings. The summed E-state index contributed by atoms with van der Waals surface area (Å²) in [5.74, 6) is -0.0507. The van der Waals surface area contributed by atoms with Crippen LogP contribution < -0.4 is 5.32 Å². The van der Waals surface area contributed by atoms with Crippen molar-refractivity contribution in [3.8, 4) is 5.69 Å². The van der Waals surface area contributed by atoms with Gasteiger partial charge in [0, 0.05) is 37.1 Å². The van der Waals surface area contributed by atoms with E-state index in [0.29, 0.717) is 18.8 Å². The zero-order valence-electron chi connectivity index (χ0n) is 16.1. The number of carbonyl (C=O) groups is 1. The van der Waals surface area contributed by atoms with Crippen molar-refractivity contribution in [2.45, 2.75) is 37.8 Å². The van der Waals surface area contributed by atoms with E-state index < -0.39 is 0 Å². The van der Waals surface area contributed by atoms with Gasteiger partial charge < -0.3 is 19.8 Å². The fourth-order valence-electron chi connectivity index (χ4n) is 3.82. The Bertz CT molecular complexity index is 911. The van der Waals surface area contributed by atoms with Gasteiger partial charge in [-0.3, -0.25) is 4.79 Å². The van der Waals surface area contributed by atoms with Crippen LogP contribution in [0.4, 0.5) is 0 Å². The number of hydrogen-bond acceptors (Lipinski definition) is 4. The minimum atomic E-state index is -0.0507. The van der Waals surface area contributed by atoms with E-state index in [1.54, 1.807) is 18.0 Å². The van der Waals surface area contributed by atoms with E-state index in [9.17, 15) is 4.79 Å². The standard InChI is InChI=1S/C21H26N4O3/c1-27-11-12-28-18-5-3-16(4-6-18)24-21(26)19-14-17(25-10-2-8-23-25)13-15-7-9-22-20(15)19/h2,7-10,13-14,16,18,22H,3-6,11-12H2,1H3,(H,24,26)/t16-,18-. The lowest BCUT2D eigenvalue weighted by Crippen LogP contribution is -2.39. The molecular weight excluding hydrogens is 356 g/mol. The molecule has 148 valence electrons. The number of hydrogen-bond donors (Lipinski definition) is 2. The van der Waals surface area contributed by atoms with Crippen molar-refractivity contribution in [2.75, 3.05) is 20.3 Å². The average molecular weight is 382 g/mol. The van der Waals surface area contributed by atoms with Crippen LogP contribution in [0.15, 0.2) is 42.9 Å². The summed E-state index contributed by atoms with van der Waals surface area (Å²) in [5.41, 5.74) is 2.37. The highest BCUT2D eigenvalue weighted by atomic mass is 16.5. The number of H-pyrrole nitrogens is 1. The zero-order chi connectivity index (χ0) is 19.3. The minimum Gasteiger partial charge on any atom is -0.382 e. The van der Waals surface area contributed by atoms with Gasteiger partial charge in [0.05, 0.1) is 36.1 Å². The van der Waals surface area contributed by atoms with Gasteiger partial charge in [0.25, 0.3) is 5.91 Å². The van der Waals surface area contributed by atoms with Gasteiger partial charge in [-0.2, -0.15) is 5.10 Å². The van der Waals surface area contributed by atoms with Crippen molar-refractivity contribution in [1.29, 1.82) is 0 Å². The summed E-state index contributed by atoms with van der Waals surface area (Å²) >= 11 is 0. The lowest BCUT2D eigenvalue weighted by molar-refractivity contribution is -0.00408. The van der Waals surface area contributed by atoms with Crippen molar-refractivity contribution in [3.63, 3.8) is 0 Å². The summed E-state index contributed by atoms with van der Waals surface area (Å²) in [5, 5.41) is 8.49. The van der Waals surface area contributed by atoms with E-state index in [1.165, 1.54) is 0 Å². The first-order valence-corrected chi connectivity index (χ1v) is 9.77. The fraction of sp³-hybridized carbons (Fsp3) is 0.429. The number of aromatic amines is 1. The normalized spacial score (nSPS) is 19.8. The number of ether oxygens (including phenoxy) is 2. The molecule has 2 heterocycles. The fourth-order valence-corrected chi connectivity index (χ4v) is 3.82. The highest BCUT2D eigenvalue weighted by molar-refractivity contribution is 6.06. The molecule has 1 aliphatic rings. The molecule has 28 heavy (non-hydrogen) atoms. The molecule has 3 aromatic rings. The molecule has 0 radical (unpaired) electrons. The highest BCUT2D eigenvalue weighted by Gasteiger charge is 2.24. The largest absolute Gasteiger partial charge is 0.382 e. The molecule has 0 aliphatic heterocycles. The molecule has 7 heteroatoms. The van der Waals surface area contributed by atoms with Crippen LogP contribution in [0.2, 0.25) is 0 Å². The van der Waals surface area contributed by atoms with Gasteiger partial charge in [-0.25, -0.2) is 4.68 Å². The van der Waals surface area contributed by atoms with E-state index in [-0.39, 0.29) is 18.1 Å². The van der Waals surface area contributed by atoms with Crippen LogP contribution in [0.1, 0.15) is 36.0 Å². The van der Waals surface area contributed by atoms with Crippen molar-refractivity contribution in [1.82, 2.24) is 20.1 Å². The van der Waals surface area contributed by atoms with Crippen LogP contribution in [0.3, 0.4) is 0 Å². The lowest BCUT2D eigenvalue weighted by Gasteiger charge is -2.29. The number of benzene rings is 1. The van der Waals surface area contributed by atoms with Gasteiger partial charge in [0.1, 0.15) is 0 Å². The number of aromatic nitrogens is 3. The van der Waals surface area contributed by atoms with E-state index >= 15 is 0 Å². The number of methoxy groups -OCH3 is 1. The molecule has 0 atom stereocenters. The number of carbonyl (C=O) groups excluding carboxylic acids is 1. The Morgan fingerprint density at radius 2 is 2.14 bits per heavy atom. The highest BCUT2D eigenvalue weighted by Crippen LogP contribution is 2.24. The van der Waals surface area contributed by atoms with Gasteiger partial charge in [-0.15, -0.1) is 0 Å². The summed E-state index contributed by atoms with van der Waals surface area (Å²) in [6.07, 6.45) is 9.50. The maximum absolute atomic E-state index is 13.0. The minimum absolute atomic E-state index is 0.0507. The SMILES string of the molecule is COCCO[C@H]1CC[C@H](NC(=O)c2cc(-n3cccn3)cc3cc[nH]c23)CC1. The molecule has 2 aromatic heterocycles. The molecule has 4 rings (SSSR count). The molecule has 1 aliphatic carbocycles. The Labute approximate surface area is 164 Å². The average Bonchev–Trinajstić information content (AvgIpc) is 3.40. The monoisotopic (exact) mass is 382 g/mol. The van der Waals surface area contributed by atoms with Gasteiger partial charge in [0.2, 0.25) is 0 Å². The maximum Gasteiger partial charge on any atom is 0.253 e. The topological polar surface area (TPSA) is 81.2 Å². The van der Waals surface area contributed by atoms with Crippen molar-refractivity contribution < 1.29 is 14.3 Å². The van der Waals surface area contributed by atoms with Crippen LogP contribution in [0, 0.1) is 0 Å². The second kappa shape index (κ2) is 8.58. The smallest absolute Gasteiger partial charge is 0.253 e. The summed E-state index contributed by atoms with van der Waals surface area (Å²) in [4.78, 5) is 16.2. The van der Waals surface area contributed by atoms with E-state index in [0.717, 1.165) is 42.3 Å². The molecule has 0 spiro atoms. The van der Waals surface area contributed by atoms with Crippen LogP contribution in [0.5, 0.6) is 0 Å². The Kier molecular flexibility index (Phi) is 5.73. The number of amides is 1. The summed E-state index contributed by atoms with van der Waals surface area (Å²) in [6, 6.07) is 7.93. The predicted octanol–water partition coefficient (Wildman–Crippen LogP) is 3.06. The zero-order valence-corrected chi connectivity index (χ0v) is 16.1. The van der Waals surface area contributed by atoms with Crippen LogP contribution in [-0.2, 0) is 9.47 Å². The number of fused-ring (bicyclic) bond motifs is 1.